The van der Waals surface area contributed by atoms with E-state index in [1.54, 1.807) is 12.1 Å². The van der Waals surface area contributed by atoms with Crippen molar-refractivity contribution in [1.82, 2.24) is 5.32 Å². The van der Waals surface area contributed by atoms with Gasteiger partial charge < -0.3 is 19.9 Å². The number of hydrogen-bond acceptors (Lipinski definition) is 4. The zero-order valence-electron chi connectivity index (χ0n) is 18.4. The average Bonchev–Trinajstić information content (AvgIpc) is 3.37. The molecule has 0 saturated heterocycles. The van der Waals surface area contributed by atoms with Crippen LogP contribution in [0.1, 0.15) is 69.3 Å². The van der Waals surface area contributed by atoms with Crippen LogP contribution in [0.3, 0.4) is 0 Å². The van der Waals surface area contributed by atoms with Crippen molar-refractivity contribution in [3.8, 4) is 0 Å². The molecule has 3 aliphatic carbocycles. The van der Waals surface area contributed by atoms with E-state index in [0.29, 0.717) is 36.5 Å². The predicted molar refractivity (Wildman–Crippen MR) is 116 cm³/mol. The highest BCUT2D eigenvalue weighted by atomic mass is 16.3. The summed E-state index contributed by atoms with van der Waals surface area (Å²) in [6.07, 6.45) is 8.00. The average molecular weight is 416 g/mol. The van der Waals surface area contributed by atoms with Gasteiger partial charge >= 0.3 is 0 Å². The summed E-state index contributed by atoms with van der Waals surface area (Å²) in [5, 5.41) is 23.6. The second-order valence-corrected chi connectivity index (χ2v) is 10.5. The summed E-state index contributed by atoms with van der Waals surface area (Å²) in [6.45, 7) is 9.82. The number of aliphatic hydroxyl groups is 2. The van der Waals surface area contributed by atoms with Crippen LogP contribution in [0.4, 0.5) is 0 Å². The number of nitrogens with one attached hydrogen (secondary N) is 1. The molecular weight excluding hydrogens is 378 g/mol. The minimum absolute atomic E-state index is 0.0285. The van der Waals surface area contributed by atoms with Crippen LogP contribution < -0.4 is 5.32 Å². The summed E-state index contributed by atoms with van der Waals surface area (Å²) in [7, 11) is 0. The molecule has 1 aromatic rings. The van der Waals surface area contributed by atoms with Crippen molar-refractivity contribution in [2.45, 2.75) is 64.9 Å². The van der Waals surface area contributed by atoms with Crippen molar-refractivity contribution in [2.75, 3.05) is 13.2 Å². The number of carbonyl (C=O) groups is 1. The smallest absolute Gasteiger partial charge is 0.286 e. The van der Waals surface area contributed by atoms with Gasteiger partial charge in [-0.05, 0) is 91.6 Å². The Hall–Kier alpha value is -1.59. The first-order valence-corrected chi connectivity index (χ1v) is 11.6. The van der Waals surface area contributed by atoms with E-state index in [1.807, 2.05) is 0 Å². The van der Waals surface area contributed by atoms with Gasteiger partial charge in [0.25, 0.3) is 5.91 Å². The van der Waals surface area contributed by atoms with E-state index >= 15 is 0 Å². The minimum atomic E-state index is -0.313. The highest BCUT2D eigenvalue weighted by molar-refractivity contribution is 5.91. The number of furan rings is 1. The van der Waals surface area contributed by atoms with E-state index in [1.165, 1.54) is 11.8 Å². The van der Waals surface area contributed by atoms with Crippen molar-refractivity contribution >= 4 is 5.91 Å². The van der Waals surface area contributed by atoms with Crippen molar-refractivity contribution in [1.29, 1.82) is 0 Å². The molecule has 7 atom stereocenters. The van der Waals surface area contributed by atoms with Gasteiger partial charge in [-0.1, -0.05) is 26.0 Å². The second kappa shape index (κ2) is 8.16. The number of allylic oxidation sites excluding steroid dienone is 1. The fraction of sp³-hybridized carbons (Fsp3) is 0.720. The van der Waals surface area contributed by atoms with Gasteiger partial charge in [0, 0.05) is 13.2 Å². The summed E-state index contributed by atoms with van der Waals surface area (Å²) in [6, 6.07) is 3.43. The van der Waals surface area contributed by atoms with E-state index in [4.69, 9.17) is 4.42 Å². The SMILES string of the molecule is C=C1CC[C@H]2[C@H](CNC(=O)c3ccco3)[C@@H]([C@]3(C)CC[C@H](O)C[C@@H]3CO)CC[C@]12C. The normalized spacial score (nSPS) is 41.5. The molecule has 3 saturated carbocycles. The van der Waals surface area contributed by atoms with Gasteiger partial charge in [0.05, 0.1) is 12.4 Å². The van der Waals surface area contributed by atoms with Gasteiger partial charge in [0.1, 0.15) is 0 Å². The molecule has 1 heterocycles. The van der Waals surface area contributed by atoms with E-state index < -0.39 is 0 Å². The molecule has 166 valence electrons. The Balaban J connectivity index is 1.61. The van der Waals surface area contributed by atoms with Crippen LogP contribution in [0, 0.1) is 34.5 Å². The maximum atomic E-state index is 12.6. The van der Waals surface area contributed by atoms with Crippen LogP contribution in [0.15, 0.2) is 35.0 Å². The molecule has 0 radical (unpaired) electrons. The minimum Gasteiger partial charge on any atom is -0.459 e. The van der Waals surface area contributed by atoms with Gasteiger partial charge in [-0.3, -0.25) is 4.79 Å². The Morgan fingerprint density at radius 2 is 2.07 bits per heavy atom. The lowest BCUT2D eigenvalue weighted by atomic mass is 9.49. The Bertz CT molecular complexity index is 774. The van der Waals surface area contributed by atoms with Crippen LogP contribution in [0.2, 0.25) is 0 Å². The molecule has 0 spiro atoms. The number of amides is 1. The topological polar surface area (TPSA) is 82.7 Å². The van der Waals surface area contributed by atoms with Gasteiger partial charge in [0.15, 0.2) is 5.76 Å². The van der Waals surface area contributed by atoms with E-state index in [-0.39, 0.29) is 35.4 Å². The fourth-order valence-corrected chi connectivity index (χ4v) is 7.17. The van der Waals surface area contributed by atoms with Gasteiger partial charge in [-0.25, -0.2) is 0 Å². The van der Waals surface area contributed by atoms with E-state index in [9.17, 15) is 15.0 Å². The molecule has 5 heteroatoms. The quantitative estimate of drug-likeness (QED) is 0.631. The Labute approximate surface area is 179 Å². The van der Waals surface area contributed by atoms with Crippen molar-refractivity contribution in [3.63, 3.8) is 0 Å². The van der Waals surface area contributed by atoms with E-state index in [2.05, 4.69) is 25.7 Å². The third kappa shape index (κ3) is 3.54. The first-order chi connectivity index (χ1) is 14.3. The standard InChI is InChI=1S/C25H37NO4/c1-16-6-7-20-19(14-26-23(29)22-5-4-12-30-22)21(9-11-24(16,20)2)25(3)10-8-18(28)13-17(25)15-27/h4-5,12,17-21,27-28H,1,6-11,13-15H2,2-3H3,(H,26,29)/t17-,18+,19+,20+,21+,24-,25-/m1/s1. The summed E-state index contributed by atoms with van der Waals surface area (Å²) in [5.74, 6) is 1.51. The maximum absolute atomic E-state index is 12.6. The molecule has 1 amide bonds. The molecule has 4 rings (SSSR count). The zero-order chi connectivity index (χ0) is 21.5. The summed E-state index contributed by atoms with van der Waals surface area (Å²) < 4.78 is 5.28. The van der Waals surface area contributed by atoms with Gasteiger partial charge in [-0.15, -0.1) is 0 Å². The molecule has 1 aromatic heterocycles. The molecule has 0 aromatic carbocycles. The second-order valence-electron chi connectivity index (χ2n) is 10.5. The third-order valence-electron chi connectivity index (χ3n) is 9.21. The largest absolute Gasteiger partial charge is 0.459 e. The zero-order valence-corrected chi connectivity index (χ0v) is 18.4. The monoisotopic (exact) mass is 415 g/mol. The molecule has 3 fully saturated rings. The first-order valence-electron chi connectivity index (χ1n) is 11.6. The summed E-state index contributed by atoms with van der Waals surface area (Å²) in [4.78, 5) is 12.6. The molecule has 0 aliphatic heterocycles. The number of carbonyl (C=O) groups excluding carboxylic acids is 1. The number of fused-ring (bicyclic) bond motifs is 1. The summed E-state index contributed by atoms with van der Waals surface area (Å²) in [5.41, 5.74) is 1.46. The Morgan fingerprint density at radius 1 is 1.27 bits per heavy atom. The molecule has 3 aliphatic rings. The lowest BCUT2D eigenvalue weighted by molar-refractivity contribution is -0.0928. The van der Waals surface area contributed by atoms with Crippen LogP contribution in [-0.2, 0) is 0 Å². The van der Waals surface area contributed by atoms with Crippen molar-refractivity contribution < 1.29 is 19.4 Å². The Morgan fingerprint density at radius 3 is 2.77 bits per heavy atom. The molecule has 0 unspecified atom stereocenters. The fourth-order valence-electron chi connectivity index (χ4n) is 7.17. The number of rotatable bonds is 5. The first kappa shape index (κ1) is 21.6. The Kier molecular flexibility index (Phi) is 5.88. The maximum Gasteiger partial charge on any atom is 0.286 e. The number of hydrogen-bond donors (Lipinski definition) is 3. The predicted octanol–water partition coefficient (Wildman–Crippen LogP) is 4.17. The van der Waals surface area contributed by atoms with Gasteiger partial charge in [0.2, 0.25) is 0 Å². The molecule has 3 N–H and O–H groups in total. The number of aliphatic hydroxyl groups excluding tert-OH is 2. The molecule has 30 heavy (non-hydrogen) atoms. The highest BCUT2D eigenvalue weighted by Gasteiger charge is 2.56. The van der Waals surface area contributed by atoms with E-state index in [0.717, 1.165) is 38.5 Å². The van der Waals surface area contributed by atoms with Crippen LogP contribution in [0.5, 0.6) is 0 Å². The molecule has 5 nitrogen and oxygen atoms in total. The van der Waals surface area contributed by atoms with Gasteiger partial charge in [-0.2, -0.15) is 0 Å². The lowest BCUT2D eigenvalue weighted by Crippen LogP contribution is -2.53. The molecular formula is C25H37NO4. The van der Waals surface area contributed by atoms with Crippen molar-refractivity contribution in [2.24, 2.45) is 34.5 Å². The third-order valence-corrected chi connectivity index (χ3v) is 9.21. The van der Waals surface area contributed by atoms with Crippen LogP contribution in [-0.4, -0.2) is 35.4 Å². The van der Waals surface area contributed by atoms with Crippen molar-refractivity contribution in [3.05, 3.63) is 36.3 Å². The molecule has 0 bridgehead atoms. The van der Waals surface area contributed by atoms with Crippen LogP contribution in [0.25, 0.3) is 0 Å². The summed E-state index contributed by atoms with van der Waals surface area (Å²) >= 11 is 0. The lowest BCUT2D eigenvalue weighted by Gasteiger charge is -2.56. The van der Waals surface area contributed by atoms with Crippen LogP contribution >= 0.6 is 0 Å². The highest BCUT2D eigenvalue weighted by Crippen LogP contribution is 2.63.